The summed E-state index contributed by atoms with van der Waals surface area (Å²) >= 11 is 0. The third kappa shape index (κ3) is 49.6. The number of carbonyl (C=O) groups excluding carboxylic acids is 3. The number of rotatable bonds is 47. The molecule has 0 aromatic carbocycles. The monoisotopic (exact) mass is 891 g/mol. The lowest BCUT2D eigenvalue weighted by atomic mass is 10.1. The van der Waals surface area contributed by atoms with Crippen molar-refractivity contribution in [1.82, 2.24) is 0 Å². The zero-order valence-electron chi connectivity index (χ0n) is 41.8. The van der Waals surface area contributed by atoms with Crippen molar-refractivity contribution in [3.05, 3.63) is 85.1 Å². The van der Waals surface area contributed by atoms with Crippen LogP contribution in [0.1, 0.15) is 245 Å². The first-order valence-electron chi connectivity index (χ1n) is 26.7. The third-order valence-electron chi connectivity index (χ3n) is 11.2. The molecule has 0 aliphatic rings. The molecule has 6 heteroatoms. The number of hydrogen-bond acceptors (Lipinski definition) is 6. The Morgan fingerprint density at radius 1 is 0.328 bits per heavy atom. The second-order valence-corrected chi connectivity index (χ2v) is 17.5. The zero-order chi connectivity index (χ0) is 46.5. The Morgan fingerprint density at radius 2 is 0.625 bits per heavy atom. The van der Waals surface area contributed by atoms with Crippen molar-refractivity contribution in [3.63, 3.8) is 0 Å². The standard InChI is InChI=1S/C58H98O6/c1-4-7-10-13-16-19-22-25-27-28-29-31-33-36-39-42-45-48-51-57(60)63-54-55(53-62-56(59)50-47-44-41-38-35-32-24-21-18-15-12-9-6-3)64-58(61)52-49-46-43-40-37-34-30-26-23-20-17-14-11-8-5-2/h9,12,15,18,20-21,23-24,27-29,31-32,35,55H,4-8,10-11,13-14,16-17,19,22,25-26,30,33-34,36-54H2,1-3H3/b12-9-,18-15-,23-20-,24-21-,28-27-,31-29-,35-32-. The maximum Gasteiger partial charge on any atom is 0.306 e. The van der Waals surface area contributed by atoms with Gasteiger partial charge in [-0.25, -0.2) is 0 Å². The fourth-order valence-electron chi connectivity index (χ4n) is 7.20. The molecule has 1 atom stereocenters. The topological polar surface area (TPSA) is 78.9 Å². The van der Waals surface area contributed by atoms with Crippen molar-refractivity contribution in [2.24, 2.45) is 0 Å². The molecule has 0 aromatic heterocycles. The predicted molar refractivity (Wildman–Crippen MR) is 274 cm³/mol. The van der Waals surface area contributed by atoms with Crippen LogP contribution in [0.2, 0.25) is 0 Å². The second-order valence-electron chi connectivity index (χ2n) is 17.5. The molecule has 0 amide bonds. The molecule has 0 N–H and O–H groups in total. The van der Waals surface area contributed by atoms with Gasteiger partial charge in [0, 0.05) is 19.3 Å². The highest BCUT2D eigenvalue weighted by Gasteiger charge is 2.19. The van der Waals surface area contributed by atoms with E-state index in [2.05, 4.69) is 69.4 Å². The van der Waals surface area contributed by atoms with Crippen molar-refractivity contribution < 1.29 is 28.6 Å². The van der Waals surface area contributed by atoms with Gasteiger partial charge in [-0.3, -0.25) is 14.4 Å². The van der Waals surface area contributed by atoms with Gasteiger partial charge in [0.2, 0.25) is 0 Å². The normalized spacial score (nSPS) is 12.7. The third-order valence-corrected chi connectivity index (χ3v) is 11.2. The van der Waals surface area contributed by atoms with E-state index in [4.69, 9.17) is 14.2 Å². The Hall–Kier alpha value is -3.41. The van der Waals surface area contributed by atoms with Crippen LogP contribution in [0.25, 0.3) is 0 Å². The molecule has 0 radical (unpaired) electrons. The number of allylic oxidation sites excluding steroid dienone is 14. The lowest BCUT2D eigenvalue weighted by Crippen LogP contribution is -2.30. The zero-order valence-corrected chi connectivity index (χ0v) is 41.8. The maximum atomic E-state index is 12.8. The van der Waals surface area contributed by atoms with Gasteiger partial charge in [-0.1, -0.05) is 221 Å². The molecular formula is C58H98O6. The Bertz CT molecular complexity index is 1250. The van der Waals surface area contributed by atoms with Crippen LogP contribution in [0.15, 0.2) is 85.1 Å². The number of carbonyl (C=O) groups is 3. The van der Waals surface area contributed by atoms with E-state index in [0.29, 0.717) is 19.3 Å². The number of ether oxygens (including phenoxy) is 3. The first-order chi connectivity index (χ1) is 31.5. The fraction of sp³-hybridized carbons (Fsp3) is 0.707. The van der Waals surface area contributed by atoms with Gasteiger partial charge in [0.15, 0.2) is 6.10 Å². The van der Waals surface area contributed by atoms with Crippen molar-refractivity contribution in [1.29, 1.82) is 0 Å². The van der Waals surface area contributed by atoms with Crippen LogP contribution in [0.3, 0.4) is 0 Å². The van der Waals surface area contributed by atoms with Gasteiger partial charge in [0.05, 0.1) is 0 Å². The van der Waals surface area contributed by atoms with Gasteiger partial charge in [-0.15, -0.1) is 0 Å². The van der Waals surface area contributed by atoms with E-state index >= 15 is 0 Å². The van der Waals surface area contributed by atoms with Gasteiger partial charge < -0.3 is 14.2 Å². The number of unbranched alkanes of at least 4 members (excludes halogenated alkanes) is 26. The summed E-state index contributed by atoms with van der Waals surface area (Å²) in [6, 6.07) is 0. The number of hydrogen-bond donors (Lipinski definition) is 0. The summed E-state index contributed by atoms with van der Waals surface area (Å²) in [5.41, 5.74) is 0. The summed E-state index contributed by atoms with van der Waals surface area (Å²) in [5, 5.41) is 0. The van der Waals surface area contributed by atoms with Crippen LogP contribution in [-0.2, 0) is 28.6 Å². The molecule has 6 nitrogen and oxygen atoms in total. The lowest BCUT2D eigenvalue weighted by molar-refractivity contribution is -0.167. The van der Waals surface area contributed by atoms with Crippen LogP contribution < -0.4 is 0 Å². The van der Waals surface area contributed by atoms with Crippen molar-refractivity contribution in [3.8, 4) is 0 Å². The highest BCUT2D eigenvalue weighted by Crippen LogP contribution is 2.14. The van der Waals surface area contributed by atoms with Crippen LogP contribution >= 0.6 is 0 Å². The first kappa shape index (κ1) is 60.6. The van der Waals surface area contributed by atoms with E-state index in [1.807, 2.05) is 36.5 Å². The Morgan fingerprint density at radius 3 is 1.05 bits per heavy atom. The fourth-order valence-corrected chi connectivity index (χ4v) is 7.20. The molecule has 366 valence electrons. The highest BCUT2D eigenvalue weighted by molar-refractivity contribution is 5.71. The Balaban J connectivity index is 4.46. The minimum absolute atomic E-state index is 0.0995. The molecule has 1 unspecified atom stereocenters. The molecule has 0 rings (SSSR count). The highest BCUT2D eigenvalue weighted by atomic mass is 16.6. The molecule has 64 heavy (non-hydrogen) atoms. The van der Waals surface area contributed by atoms with Crippen molar-refractivity contribution in [2.45, 2.75) is 252 Å². The smallest absolute Gasteiger partial charge is 0.306 e. The van der Waals surface area contributed by atoms with Gasteiger partial charge in [-0.05, 0) is 89.9 Å². The van der Waals surface area contributed by atoms with Gasteiger partial charge >= 0.3 is 17.9 Å². The molecule has 0 saturated carbocycles. The average molecular weight is 891 g/mol. The van der Waals surface area contributed by atoms with Gasteiger partial charge in [0.25, 0.3) is 0 Å². The van der Waals surface area contributed by atoms with E-state index in [0.717, 1.165) is 89.9 Å². The predicted octanol–water partition coefficient (Wildman–Crippen LogP) is 17.6. The summed E-state index contributed by atoms with van der Waals surface area (Å²) < 4.78 is 16.8. The van der Waals surface area contributed by atoms with E-state index in [9.17, 15) is 14.4 Å². The largest absolute Gasteiger partial charge is 0.462 e. The second kappa shape index (κ2) is 52.2. The average Bonchev–Trinajstić information content (AvgIpc) is 3.29. The van der Waals surface area contributed by atoms with Crippen LogP contribution in [0, 0.1) is 0 Å². The molecule has 0 spiro atoms. The SMILES string of the molecule is CC\C=C/C=C\C=C/C=C\CCCCCC(=O)OCC(COC(=O)CCCCCCC/C=C\C=C/CCCCCCCCC)OC(=O)CCCCCCCCC/C=C\CCCCCC. The maximum absolute atomic E-state index is 12.8. The summed E-state index contributed by atoms with van der Waals surface area (Å²) in [7, 11) is 0. The van der Waals surface area contributed by atoms with E-state index in [-0.39, 0.29) is 31.1 Å². The minimum Gasteiger partial charge on any atom is -0.462 e. The van der Waals surface area contributed by atoms with Gasteiger partial charge in [-0.2, -0.15) is 0 Å². The van der Waals surface area contributed by atoms with E-state index < -0.39 is 6.10 Å². The molecule has 0 heterocycles. The van der Waals surface area contributed by atoms with Gasteiger partial charge in [0.1, 0.15) is 13.2 Å². The summed E-state index contributed by atoms with van der Waals surface area (Å²) in [4.78, 5) is 38.0. The van der Waals surface area contributed by atoms with Crippen molar-refractivity contribution in [2.75, 3.05) is 13.2 Å². The Kier molecular flexibility index (Phi) is 49.4. The first-order valence-corrected chi connectivity index (χ1v) is 26.7. The summed E-state index contributed by atoms with van der Waals surface area (Å²) in [6.07, 6.45) is 67.1. The molecule has 0 aromatic rings. The van der Waals surface area contributed by atoms with E-state index in [1.165, 1.54) is 116 Å². The molecule has 0 saturated heterocycles. The molecular weight excluding hydrogens is 793 g/mol. The van der Waals surface area contributed by atoms with E-state index in [1.54, 1.807) is 0 Å². The molecule has 0 fully saturated rings. The summed E-state index contributed by atoms with van der Waals surface area (Å²) in [5.74, 6) is -0.957. The molecule has 0 aliphatic heterocycles. The summed E-state index contributed by atoms with van der Waals surface area (Å²) in [6.45, 7) is 6.43. The molecule has 0 bridgehead atoms. The van der Waals surface area contributed by atoms with Crippen LogP contribution in [0.4, 0.5) is 0 Å². The lowest BCUT2D eigenvalue weighted by Gasteiger charge is -2.18. The van der Waals surface area contributed by atoms with Crippen LogP contribution in [-0.4, -0.2) is 37.2 Å². The Labute approximate surface area is 395 Å². The minimum atomic E-state index is -0.801. The van der Waals surface area contributed by atoms with Crippen molar-refractivity contribution >= 4 is 17.9 Å². The molecule has 0 aliphatic carbocycles. The van der Waals surface area contributed by atoms with Crippen LogP contribution in [0.5, 0.6) is 0 Å². The quantitative estimate of drug-likeness (QED) is 0.0199. The number of esters is 3.